The van der Waals surface area contributed by atoms with Crippen LogP contribution in [0, 0.1) is 0 Å². The molecule has 0 N–H and O–H groups in total. The van der Waals surface area contributed by atoms with Crippen LogP contribution in [-0.4, -0.2) is 38.2 Å². The number of halogens is 1. The van der Waals surface area contributed by atoms with E-state index in [-0.39, 0.29) is 0 Å². The lowest BCUT2D eigenvalue weighted by atomic mass is 10.1. The average molecular weight is 559 g/mol. The second-order valence-corrected chi connectivity index (χ2v) is 11.3. The number of pyridine rings is 1. The fourth-order valence-electron chi connectivity index (χ4n) is 5.27. The third-order valence-electron chi connectivity index (χ3n) is 7.44. The number of ether oxygens (including phenoxy) is 1. The molecule has 0 radical (unpaired) electrons. The van der Waals surface area contributed by atoms with Crippen LogP contribution in [0.4, 0.5) is 5.69 Å². The Labute approximate surface area is 241 Å². The lowest BCUT2D eigenvalue weighted by molar-refractivity contribution is -0.662. The molecule has 4 nitrogen and oxygen atoms in total. The molecular weight excluding hydrogens is 522 g/mol. The van der Waals surface area contributed by atoms with Crippen molar-refractivity contribution < 1.29 is 9.30 Å². The highest BCUT2D eigenvalue weighted by atomic mass is 35.5. The largest absolute Gasteiger partial charge is 0.496 e. The normalized spacial score (nSPS) is 14.0. The molecule has 3 aromatic carbocycles. The Kier molecular flexibility index (Phi) is 9.13. The number of hydrogen-bond acceptors (Lipinski definition) is 4. The molecule has 1 aromatic heterocycles. The topological polar surface area (TPSA) is 19.6 Å². The van der Waals surface area contributed by atoms with Gasteiger partial charge in [0.1, 0.15) is 5.75 Å². The van der Waals surface area contributed by atoms with Gasteiger partial charge in [0.15, 0.2) is 12.7 Å². The van der Waals surface area contributed by atoms with Gasteiger partial charge in [-0.3, -0.25) is 0 Å². The van der Waals surface area contributed by atoms with E-state index in [9.17, 15) is 0 Å². The number of thioether (sulfide) groups is 1. The number of nitrogens with zero attached hydrogens (tertiary/aromatic N) is 3. The minimum Gasteiger partial charge on any atom is -0.496 e. The summed E-state index contributed by atoms with van der Waals surface area (Å²) in [6, 6.07) is 25.3. The van der Waals surface area contributed by atoms with E-state index in [1.807, 2.05) is 23.9 Å². The summed E-state index contributed by atoms with van der Waals surface area (Å²) < 4.78 is 8.16. The molecule has 0 saturated carbocycles. The molecule has 1 aliphatic heterocycles. The Morgan fingerprint density at radius 2 is 1.74 bits per heavy atom. The summed E-state index contributed by atoms with van der Waals surface area (Å²) in [6.07, 6.45) is 6.88. The molecule has 0 amide bonds. The van der Waals surface area contributed by atoms with Crippen LogP contribution < -0.4 is 14.2 Å². The van der Waals surface area contributed by atoms with Crippen LogP contribution in [0.3, 0.4) is 0 Å². The molecule has 0 aliphatic carbocycles. The van der Waals surface area contributed by atoms with Gasteiger partial charge in [-0.05, 0) is 68.9 Å². The lowest BCUT2D eigenvalue weighted by Crippen LogP contribution is -2.35. The van der Waals surface area contributed by atoms with E-state index in [4.69, 9.17) is 16.3 Å². The number of para-hydroxylation sites is 1. The number of unbranched alkanes of at least 4 members (excludes halogenated alkanes) is 1. The highest BCUT2D eigenvalue weighted by molar-refractivity contribution is 8.03. The maximum Gasteiger partial charge on any atom is 0.217 e. The predicted octanol–water partition coefficient (Wildman–Crippen LogP) is 7.87. The molecular formula is C33H37ClN3OS+. The molecule has 202 valence electrons. The van der Waals surface area contributed by atoms with E-state index in [1.165, 1.54) is 33.2 Å². The van der Waals surface area contributed by atoms with Gasteiger partial charge < -0.3 is 14.5 Å². The van der Waals surface area contributed by atoms with Crippen molar-refractivity contribution in [2.45, 2.75) is 38.1 Å². The summed E-state index contributed by atoms with van der Waals surface area (Å²) in [5.74, 6) is 0.885. The van der Waals surface area contributed by atoms with Crippen LogP contribution in [0.25, 0.3) is 17.0 Å². The molecule has 0 atom stereocenters. The number of rotatable bonds is 11. The van der Waals surface area contributed by atoms with Crippen molar-refractivity contribution in [2.24, 2.45) is 0 Å². The van der Waals surface area contributed by atoms with Gasteiger partial charge in [-0.15, -0.1) is 0 Å². The molecule has 4 aromatic rings. The smallest absolute Gasteiger partial charge is 0.217 e. The summed E-state index contributed by atoms with van der Waals surface area (Å²) in [4.78, 5) is 6.32. The quantitative estimate of drug-likeness (QED) is 0.138. The number of aromatic nitrogens is 1. The molecule has 0 saturated heterocycles. The first kappa shape index (κ1) is 27.6. The van der Waals surface area contributed by atoms with Gasteiger partial charge in [0.2, 0.25) is 5.52 Å². The zero-order valence-corrected chi connectivity index (χ0v) is 24.6. The fourth-order valence-corrected chi connectivity index (χ4v) is 6.53. The predicted molar refractivity (Wildman–Crippen MR) is 166 cm³/mol. The van der Waals surface area contributed by atoms with E-state index in [1.54, 1.807) is 7.11 Å². The van der Waals surface area contributed by atoms with Crippen molar-refractivity contribution >= 4 is 46.0 Å². The number of methoxy groups -OCH3 is 1. The molecule has 0 spiro atoms. The van der Waals surface area contributed by atoms with Gasteiger partial charge in [0, 0.05) is 39.7 Å². The summed E-state index contributed by atoms with van der Waals surface area (Å²) in [7, 11) is 1.75. The van der Waals surface area contributed by atoms with Crippen molar-refractivity contribution in [3.05, 3.63) is 100 Å². The zero-order valence-electron chi connectivity index (χ0n) is 23.1. The molecule has 5 rings (SSSR count). The maximum atomic E-state index is 6.13. The highest BCUT2D eigenvalue weighted by Gasteiger charge is 2.25. The highest BCUT2D eigenvalue weighted by Crippen LogP contribution is 2.47. The average Bonchev–Trinajstić information content (AvgIpc) is 3.32. The summed E-state index contributed by atoms with van der Waals surface area (Å²) in [5, 5.41) is 3.15. The first-order chi connectivity index (χ1) is 19.1. The van der Waals surface area contributed by atoms with Gasteiger partial charge in [-0.2, -0.15) is 4.57 Å². The SMILES string of the molecule is CCN(CC)CCCCN1/C(=C/c2cc[n+](Cc3ccc(Cl)cc3)c3cccc(OC)c23)Sc2ccccc21. The summed E-state index contributed by atoms with van der Waals surface area (Å²) in [6.45, 7) is 9.65. The monoisotopic (exact) mass is 558 g/mol. The van der Waals surface area contributed by atoms with Crippen LogP contribution in [0.5, 0.6) is 5.75 Å². The summed E-state index contributed by atoms with van der Waals surface area (Å²) in [5.41, 5.74) is 4.82. The first-order valence-corrected chi connectivity index (χ1v) is 15.0. The van der Waals surface area contributed by atoms with E-state index in [0.717, 1.165) is 60.8 Å². The minimum absolute atomic E-state index is 0.755. The number of hydrogen-bond donors (Lipinski definition) is 0. The fraction of sp³-hybridized carbons (Fsp3) is 0.303. The Morgan fingerprint density at radius 1 is 0.949 bits per heavy atom. The van der Waals surface area contributed by atoms with Crippen LogP contribution in [0.1, 0.15) is 37.8 Å². The molecule has 1 aliphatic rings. The molecule has 0 unspecified atom stereocenters. The van der Waals surface area contributed by atoms with E-state index >= 15 is 0 Å². The van der Waals surface area contributed by atoms with E-state index in [2.05, 4.69) is 101 Å². The van der Waals surface area contributed by atoms with Gasteiger partial charge in [-0.25, -0.2) is 0 Å². The zero-order chi connectivity index (χ0) is 27.2. The molecule has 39 heavy (non-hydrogen) atoms. The third-order valence-corrected chi connectivity index (χ3v) is 8.80. The number of fused-ring (bicyclic) bond motifs is 2. The third kappa shape index (κ3) is 6.27. The number of benzene rings is 3. The van der Waals surface area contributed by atoms with E-state index < -0.39 is 0 Å². The molecule has 0 bridgehead atoms. The van der Waals surface area contributed by atoms with Crippen LogP contribution in [0.15, 0.2) is 88.9 Å². The second-order valence-electron chi connectivity index (χ2n) is 9.82. The van der Waals surface area contributed by atoms with Crippen LogP contribution in [-0.2, 0) is 6.54 Å². The Balaban J connectivity index is 1.48. The van der Waals surface area contributed by atoms with Crippen molar-refractivity contribution in [1.29, 1.82) is 0 Å². The number of anilines is 1. The van der Waals surface area contributed by atoms with Gasteiger partial charge >= 0.3 is 0 Å². The van der Waals surface area contributed by atoms with Crippen molar-refractivity contribution in [1.82, 2.24) is 4.90 Å². The van der Waals surface area contributed by atoms with Crippen LogP contribution in [0.2, 0.25) is 5.02 Å². The van der Waals surface area contributed by atoms with Crippen molar-refractivity contribution in [2.75, 3.05) is 38.2 Å². The van der Waals surface area contributed by atoms with Crippen molar-refractivity contribution in [3.8, 4) is 5.75 Å². The Bertz CT molecular complexity index is 1450. The van der Waals surface area contributed by atoms with Gasteiger partial charge in [0.25, 0.3) is 0 Å². The minimum atomic E-state index is 0.755. The first-order valence-electron chi connectivity index (χ1n) is 13.8. The molecule has 0 fully saturated rings. The van der Waals surface area contributed by atoms with Crippen LogP contribution >= 0.6 is 23.4 Å². The Morgan fingerprint density at radius 3 is 2.51 bits per heavy atom. The second kappa shape index (κ2) is 12.9. The van der Waals surface area contributed by atoms with Gasteiger partial charge in [0.05, 0.1) is 23.2 Å². The maximum absolute atomic E-state index is 6.13. The van der Waals surface area contributed by atoms with Gasteiger partial charge in [-0.1, -0.05) is 67.5 Å². The van der Waals surface area contributed by atoms with Crippen molar-refractivity contribution in [3.63, 3.8) is 0 Å². The standard InChI is InChI=1S/C33H37ClN3OS/c1-4-35(5-2)20-8-9-21-37-28-11-6-7-14-31(28)39-32(37)23-26-19-22-36(24-25-15-17-27(34)18-16-25)29-12-10-13-30(38-3)33(26)29/h6-7,10-19,22-23H,4-5,8-9,20-21,24H2,1-3H3/q+1. The molecule has 6 heteroatoms. The lowest BCUT2D eigenvalue weighted by Gasteiger charge is -2.22. The summed E-state index contributed by atoms with van der Waals surface area (Å²) >= 11 is 7.98. The van der Waals surface area contributed by atoms with E-state index in [0.29, 0.717) is 0 Å². The Hall–Kier alpha value is -2.99. The molecule has 2 heterocycles.